The maximum absolute atomic E-state index is 13.4. The number of carbonyl (C=O) groups excluding carboxylic acids is 1. The number of aliphatic carboxylic acids is 1. The molecule has 0 aliphatic carbocycles. The van der Waals surface area contributed by atoms with Gasteiger partial charge in [-0.2, -0.15) is 0 Å². The van der Waals surface area contributed by atoms with Crippen molar-refractivity contribution in [3.8, 4) is 17.2 Å². The van der Waals surface area contributed by atoms with Gasteiger partial charge < -0.3 is 14.9 Å². The Morgan fingerprint density at radius 2 is 1.78 bits per heavy atom. The lowest BCUT2D eigenvalue weighted by molar-refractivity contribution is -0.131. The monoisotopic (exact) mass is 468 g/mol. The molecule has 1 heterocycles. The Morgan fingerprint density at radius 1 is 1.03 bits per heavy atom. The Morgan fingerprint density at radius 3 is 2.47 bits per heavy atom. The summed E-state index contributed by atoms with van der Waals surface area (Å²) in [4.78, 5) is 24.2. The van der Waals surface area contributed by atoms with E-state index < -0.39 is 17.6 Å². The van der Waals surface area contributed by atoms with Crippen LogP contribution in [-0.2, 0) is 4.79 Å². The average Bonchev–Trinajstić information content (AvgIpc) is 3.10. The van der Waals surface area contributed by atoms with Gasteiger partial charge in [0.05, 0.1) is 5.02 Å². The molecule has 0 aliphatic heterocycles. The summed E-state index contributed by atoms with van der Waals surface area (Å²) in [5, 5.41) is 19.2. The molecule has 160 valence electrons. The van der Waals surface area contributed by atoms with Crippen LogP contribution in [0.3, 0.4) is 0 Å². The van der Waals surface area contributed by atoms with Gasteiger partial charge in [0.1, 0.15) is 22.2 Å². The van der Waals surface area contributed by atoms with Crippen molar-refractivity contribution in [2.24, 2.45) is 0 Å². The Hall–Kier alpha value is -3.68. The molecular formula is C24H14ClFO5S. The molecule has 0 spiro atoms. The molecule has 0 bridgehead atoms. The number of hydrogen-bond donors (Lipinski definition) is 2. The Labute approximate surface area is 190 Å². The van der Waals surface area contributed by atoms with Crippen LogP contribution in [0.1, 0.15) is 20.8 Å². The summed E-state index contributed by atoms with van der Waals surface area (Å²) in [6, 6.07) is 14.8. The summed E-state index contributed by atoms with van der Waals surface area (Å²) >= 11 is 7.22. The fourth-order valence-electron chi connectivity index (χ4n) is 3.04. The van der Waals surface area contributed by atoms with Gasteiger partial charge in [-0.3, -0.25) is 4.79 Å². The van der Waals surface area contributed by atoms with Crippen LogP contribution < -0.4 is 4.74 Å². The van der Waals surface area contributed by atoms with E-state index in [1.165, 1.54) is 24.3 Å². The second-order valence-corrected chi connectivity index (χ2v) is 8.20. The summed E-state index contributed by atoms with van der Waals surface area (Å²) in [6.45, 7) is 0. The van der Waals surface area contributed by atoms with Gasteiger partial charge in [-0.1, -0.05) is 23.7 Å². The second-order valence-electron chi connectivity index (χ2n) is 6.74. The van der Waals surface area contributed by atoms with Crippen LogP contribution in [0.5, 0.6) is 17.2 Å². The molecule has 4 rings (SSSR count). The lowest BCUT2D eigenvalue weighted by Gasteiger charge is -2.09. The number of rotatable bonds is 6. The van der Waals surface area contributed by atoms with Crippen molar-refractivity contribution in [2.75, 3.05) is 0 Å². The first-order chi connectivity index (χ1) is 15.3. The quantitative estimate of drug-likeness (QED) is 0.248. The number of phenolic OH excluding ortho intramolecular Hbond substituents is 1. The molecule has 0 unspecified atom stereocenters. The summed E-state index contributed by atoms with van der Waals surface area (Å²) in [7, 11) is 0. The predicted molar refractivity (Wildman–Crippen MR) is 122 cm³/mol. The number of ether oxygens (including phenoxy) is 1. The van der Waals surface area contributed by atoms with Gasteiger partial charge in [0.25, 0.3) is 0 Å². The van der Waals surface area contributed by atoms with Gasteiger partial charge in [-0.05, 0) is 60.2 Å². The number of hydrogen-bond acceptors (Lipinski definition) is 5. The molecule has 0 amide bonds. The number of halogens is 2. The number of benzene rings is 3. The van der Waals surface area contributed by atoms with E-state index in [1.807, 2.05) is 0 Å². The molecule has 1 aromatic heterocycles. The normalized spacial score (nSPS) is 11.2. The minimum Gasteiger partial charge on any atom is -0.508 e. The Kier molecular flexibility index (Phi) is 5.94. The van der Waals surface area contributed by atoms with Crippen LogP contribution >= 0.6 is 22.9 Å². The summed E-state index contributed by atoms with van der Waals surface area (Å²) in [5.74, 6) is -1.30. The van der Waals surface area contributed by atoms with Crippen molar-refractivity contribution in [1.82, 2.24) is 0 Å². The maximum Gasteiger partial charge on any atom is 0.328 e. The number of carbonyl (C=O) groups is 2. The zero-order chi connectivity index (χ0) is 22.8. The molecular weight excluding hydrogens is 455 g/mol. The number of aromatic hydroxyl groups is 1. The van der Waals surface area contributed by atoms with Crippen molar-refractivity contribution in [2.45, 2.75) is 0 Å². The third kappa shape index (κ3) is 4.49. The SMILES string of the molecule is O=C(O)C=Cc1ccc(Oc2c(C(=O)c3ccc(F)cc3Cl)sc3cc(O)ccc23)cc1. The van der Waals surface area contributed by atoms with E-state index in [4.69, 9.17) is 21.4 Å². The third-order valence-electron chi connectivity index (χ3n) is 4.53. The first kappa shape index (κ1) is 21.5. The minimum absolute atomic E-state index is 0.0178. The number of phenols is 1. The largest absolute Gasteiger partial charge is 0.508 e. The molecule has 4 aromatic rings. The maximum atomic E-state index is 13.4. The zero-order valence-corrected chi connectivity index (χ0v) is 17.8. The standard InChI is InChI=1S/C24H14ClFO5S/c25-19-11-14(26)4-8-17(19)22(30)24-23(18-9-5-15(27)12-20(18)32-24)31-16-6-1-13(2-7-16)3-10-21(28)29/h1-12,27H,(H,28,29). The summed E-state index contributed by atoms with van der Waals surface area (Å²) < 4.78 is 20.1. The van der Waals surface area contributed by atoms with Gasteiger partial charge >= 0.3 is 5.97 Å². The van der Waals surface area contributed by atoms with Crippen LogP contribution in [0, 0.1) is 5.82 Å². The highest BCUT2D eigenvalue weighted by Crippen LogP contribution is 2.43. The number of ketones is 1. The van der Waals surface area contributed by atoms with Crippen molar-refractivity contribution >= 4 is 50.9 Å². The highest BCUT2D eigenvalue weighted by Gasteiger charge is 2.24. The van der Waals surface area contributed by atoms with E-state index in [9.17, 15) is 19.1 Å². The van der Waals surface area contributed by atoms with Crippen LogP contribution in [0.15, 0.2) is 66.7 Å². The number of fused-ring (bicyclic) bond motifs is 1. The molecule has 0 atom stereocenters. The number of carboxylic acids is 1. The van der Waals surface area contributed by atoms with Crippen molar-refractivity contribution < 1.29 is 28.9 Å². The van der Waals surface area contributed by atoms with Crippen LogP contribution in [0.2, 0.25) is 5.02 Å². The van der Waals surface area contributed by atoms with Crippen molar-refractivity contribution in [3.63, 3.8) is 0 Å². The summed E-state index contributed by atoms with van der Waals surface area (Å²) in [5.41, 5.74) is 0.789. The molecule has 0 fully saturated rings. The molecule has 0 saturated heterocycles. The van der Waals surface area contributed by atoms with Gasteiger partial charge in [-0.15, -0.1) is 11.3 Å². The molecule has 8 heteroatoms. The van der Waals surface area contributed by atoms with E-state index in [2.05, 4.69) is 0 Å². The Balaban J connectivity index is 1.76. The Bertz CT molecular complexity index is 1380. The second kappa shape index (κ2) is 8.82. The van der Waals surface area contributed by atoms with Gasteiger partial charge in [-0.25, -0.2) is 9.18 Å². The summed E-state index contributed by atoms with van der Waals surface area (Å²) in [6.07, 6.45) is 2.47. The zero-order valence-electron chi connectivity index (χ0n) is 16.2. The smallest absolute Gasteiger partial charge is 0.328 e. The lowest BCUT2D eigenvalue weighted by Crippen LogP contribution is -2.02. The van der Waals surface area contributed by atoms with Crippen LogP contribution in [-0.4, -0.2) is 22.0 Å². The van der Waals surface area contributed by atoms with Crippen molar-refractivity contribution in [1.29, 1.82) is 0 Å². The highest BCUT2D eigenvalue weighted by molar-refractivity contribution is 7.21. The first-order valence-electron chi connectivity index (χ1n) is 9.26. The fourth-order valence-corrected chi connectivity index (χ4v) is 4.41. The molecule has 3 aromatic carbocycles. The fraction of sp³-hybridized carbons (Fsp3) is 0. The highest BCUT2D eigenvalue weighted by atomic mass is 35.5. The molecule has 0 aliphatic rings. The first-order valence-corrected chi connectivity index (χ1v) is 10.5. The number of thiophene rings is 1. The van der Waals surface area contributed by atoms with Gasteiger partial charge in [0.2, 0.25) is 5.78 Å². The molecule has 0 saturated carbocycles. The number of carboxylic acid groups (broad SMARTS) is 1. The topological polar surface area (TPSA) is 83.8 Å². The molecule has 2 N–H and O–H groups in total. The van der Waals surface area contributed by atoms with E-state index in [1.54, 1.807) is 30.3 Å². The van der Waals surface area contributed by atoms with E-state index in [0.29, 0.717) is 21.4 Å². The van der Waals surface area contributed by atoms with Crippen LogP contribution in [0.25, 0.3) is 16.2 Å². The molecule has 5 nitrogen and oxygen atoms in total. The predicted octanol–water partition coefficient (Wildman–Crippen LogP) is 6.52. The van der Waals surface area contributed by atoms with E-state index in [-0.39, 0.29) is 27.0 Å². The minimum atomic E-state index is -1.05. The van der Waals surface area contributed by atoms with Gasteiger partial charge in [0.15, 0.2) is 5.75 Å². The average molecular weight is 469 g/mol. The third-order valence-corrected chi connectivity index (χ3v) is 5.97. The van der Waals surface area contributed by atoms with E-state index in [0.717, 1.165) is 29.5 Å². The van der Waals surface area contributed by atoms with Gasteiger partial charge in [0, 0.05) is 21.7 Å². The molecule has 0 radical (unpaired) electrons. The van der Waals surface area contributed by atoms with Crippen molar-refractivity contribution in [3.05, 3.63) is 93.6 Å². The van der Waals surface area contributed by atoms with E-state index >= 15 is 0 Å². The lowest BCUT2D eigenvalue weighted by atomic mass is 10.1. The molecule has 32 heavy (non-hydrogen) atoms. The van der Waals surface area contributed by atoms with Crippen LogP contribution in [0.4, 0.5) is 4.39 Å².